The highest BCUT2D eigenvalue weighted by atomic mass is 16.2. The first kappa shape index (κ1) is 22.5. The zero-order valence-corrected chi connectivity index (χ0v) is 19.3. The number of rotatable bonds is 7. The molecule has 1 amide bonds. The summed E-state index contributed by atoms with van der Waals surface area (Å²) in [6.45, 7) is 16.5. The molecule has 1 saturated heterocycles. The lowest BCUT2D eigenvalue weighted by atomic mass is 10.0. The second-order valence-electron chi connectivity index (χ2n) is 8.75. The summed E-state index contributed by atoms with van der Waals surface area (Å²) < 4.78 is 0. The van der Waals surface area contributed by atoms with E-state index in [1.165, 1.54) is 16.7 Å². The zero-order valence-electron chi connectivity index (χ0n) is 19.3. The first-order valence-corrected chi connectivity index (χ1v) is 11.3. The Morgan fingerprint density at radius 2 is 1.60 bits per heavy atom. The fraction of sp³-hybridized carbons (Fsp3) is 0.500. The monoisotopic (exact) mass is 407 g/mol. The van der Waals surface area contributed by atoms with Gasteiger partial charge in [-0.3, -0.25) is 14.6 Å². The lowest BCUT2D eigenvalue weighted by Crippen LogP contribution is -2.58. The molecule has 0 spiro atoms. The van der Waals surface area contributed by atoms with Gasteiger partial charge in [0.1, 0.15) is 0 Å². The average Bonchev–Trinajstić information content (AvgIpc) is 2.73. The van der Waals surface area contributed by atoms with E-state index in [1.54, 1.807) is 0 Å². The summed E-state index contributed by atoms with van der Waals surface area (Å²) in [6, 6.07) is 17.4. The van der Waals surface area contributed by atoms with Crippen LogP contribution in [0.1, 0.15) is 54.7 Å². The number of hydrogen-bond donors (Lipinski definition) is 0. The Kier molecular flexibility index (Phi) is 7.68. The van der Waals surface area contributed by atoms with E-state index >= 15 is 0 Å². The normalized spacial score (nSPS) is 20.0. The van der Waals surface area contributed by atoms with E-state index in [4.69, 9.17) is 0 Å². The van der Waals surface area contributed by atoms with Crippen LogP contribution in [0.15, 0.2) is 48.5 Å². The van der Waals surface area contributed by atoms with Crippen molar-refractivity contribution in [2.45, 2.75) is 59.8 Å². The summed E-state index contributed by atoms with van der Waals surface area (Å²) >= 11 is 0. The van der Waals surface area contributed by atoms with Gasteiger partial charge in [-0.1, -0.05) is 55.8 Å². The number of carbonyl (C=O) groups excluding carboxylic acids is 1. The van der Waals surface area contributed by atoms with Crippen molar-refractivity contribution in [3.8, 4) is 0 Å². The maximum absolute atomic E-state index is 13.4. The number of amides is 1. The summed E-state index contributed by atoms with van der Waals surface area (Å²) in [7, 11) is 0. The Hall–Kier alpha value is -2.17. The van der Waals surface area contributed by atoms with E-state index in [0.29, 0.717) is 0 Å². The number of benzene rings is 2. The van der Waals surface area contributed by atoms with Crippen LogP contribution in [-0.4, -0.2) is 58.9 Å². The first-order valence-electron chi connectivity index (χ1n) is 11.3. The molecule has 0 aliphatic carbocycles. The van der Waals surface area contributed by atoms with Crippen molar-refractivity contribution in [3.05, 3.63) is 70.8 Å². The largest absolute Gasteiger partial charge is 0.331 e. The number of aryl methyl sites for hydroxylation is 1. The minimum Gasteiger partial charge on any atom is -0.331 e. The van der Waals surface area contributed by atoms with E-state index < -0.39 is 0 Å². The van der Waals surface area contributed by atoms with Crippen LogP contribution in [0.25, 0.3) is 0 Å². The third-order valence-electron chi connectivity index (χ3n) is 6.23. The number of nitrogens with zero attached hydrogens (tertiary/aromatic N) is 3. The van der Waals surface area contributed by atoms with Crippen molar-refractivity contribution < 1.29 is 4.79 Å². The minimum atomic E-state index is 0.159. The first-order chi connectivity index (χ1) is 14.4. The second-order valence-corrected chi connectivity index (χ2v) is 8.75. The standard InChI is InChI=1S/C26H37N3O/c1-6-27(7-2)19-24-9-8-10-25(15-24)26(30)29-21(4)16-28(17-22(29)5)18-23-13-11-20(3)12-14-23/h8-15,21-22H,6-7,16-19H2,1-5H3. The molecule has 0 aromatic heterocycles. The maximum Gasteiger partial charge on any atom is 0.254 e. The van der Waals surface area contributed by atoms with Crippen molar-refractivity contribution in [1.82, 2.24) is 14.7 Å². The van der Waals surface area contributed by atoms with Gasteiger partial charge in [0, 0.05) is 43.8 Å². The van der Waals surface area contributed by atoms with E-state index in [2.05, 4.69) is 85.7 Å². The summed E-state index contributed by atoms with van der Waals surface area (Å²) in [4.78, 5) is 20.3. The van der Waals surface area contributed by atoms with Gasteiger partial charge in [0.25, 0.3) is 5.91 Å². The van der Waals surface area contributed by atoms with Crippen LogP contribution in [0.5, 0.6) is 0 Å². The minimum absolute atomic E-state index is 0.159. The molecular formula is C26H37N3O. The Morgan fingerprint density at radius 3 is 2.20 bits per heavy atom. The van der Waals surface area contributed by atoms with Crippen LogP contribution < -0.4 is 0 Å². The van der Waals surface area contributed by atoms with Gasteiger partial charge in [-0.25, -0.2) is 0 Å². The molecule has 2 aromatic rings. The van der Waals surface area contributed by atoms with Crippen LogP contribution >= 0.6 is 0 Å². The third kappa shape index (κ3) is 5.50. The molecule has 30 heavy (non-hydrogen) atoms. The topological polar surface area (TPSA) is 26.8 Å². The highest BCUT2D eigenvalue weighted by molar-refractivity contribution is 5.95. The molecule has 162 valence electrons. The molecule has 4 nitrogen and oxygen atoms in total. The smallest absolute Gasteiger partial charge is 0.254 e. The maximum atomic E-state index is 13.4. The number of piperazine rings is 1. The number of carbonyl (C=O) groups is 1. The molecule has 2 aromatic carbocycles. The van der Waals surface area contributed by atoms with Crippen molar-refractivity contribution in [2.75, 3.05) is 26.2 Å². The van der Waals surface area contributed by atoms with Gasteiger partial charge in [0.05, 0.1) is 0 Å². The molecule has 0 radical (unpaired) electrons. The molecule has 0 saturated carbocycles. The SMILES string of the molecule is CCN(CC)Cc1cccc(C(=O)N2C(C)CN(Cc3ccc(C)cc3)CC2C)c1. The van der Waals surface area contributed by atoms with Gasteiger partial charge in [0.2, 0.25) is 0 Å². The van der Waals surface area contributed by atoms with Crippen molar-refractivity contribution in [1.29, 1.82) is 0 Å². The predicted octanol–water partition coefficient (Wildman–Crippen LogP) is 4.57. The van der Waals surface area contributed by atoms with Gasteiger partial charge >= 0.3 is 0 Å². The summed E-state index contributed by atoms with van der Waals surface area (Å²) in [5.74, 6) is 0.159. The molecule has 1 aliphatic rings. The Bertz CT molecular complexity index is 816. The van der Waals surface area contributed by atoms with Crippen LogP contribution in [0.2, 0.25) is 0 Å². The van der Waals surface area contributed by atoms with Gasteiger partial charge in [-0.15, -0.1) is 0 Å². The summed E-state index contributed by atoms with van der Waals surface area (Å²) in [5, 5.41) is 0. The summed E-state index contributed by atoms with van der Waals surface area (Å²) in [5.41, 5.74) is 4.65. The fourth-order valence-electron chi connectivity index (χ4n) is 4.57. The molecule has 4 heteroatoms. The van der Waals surface area contributed by atoms with Crippen LogP contribution in [-0.2, 0) is 13.1 Å². The molecule has 0 N–H and O–H groups in total. The Balaban J connectivity index is 1.67. The van der Waals surface area contributed by atoms with Crippen LogP contribution in [0.3, 0.4) is 0 Å². The zero-order chi connectivity index (χ0) is 21.7. The molecular weight excluding hydrogens is 370 g/mol. The quantitative estimate of drug-likeness (QED) is 0.673. The van der Waals surface area contributed by atoms with Crippen LogP contribution in [0.4, 0.5) is 0 Å². The molecule has 3 rings (SSSR count). The summed E-state index contributed by atoms with van der Waals surface area (Å²) in [6.07, 6.45) is 0. The lowest BCUT2D eigenvalue weighted by Gasteiger charge is -2.44. The fourth-order valence-corrected chi connectivity index (χ4v) is 4.57. The van der Waals surface area contributed by atoms with E-state index in [9.17, 15) is 4.79 Å². The second kappa shape index (κ2) is 10.2. The molecule has 2 unspecified atom stereocenters. The highest BCUT2D eigenvalue weighted by Gasteiger charge is 2.33. The van der Waals surface area contributed by atoms with Crippen molar-refractivity contribution in [2.24, 2.45) is 0 Å². The van der Waals surface area contributed by atoms with E-state index in [1.807, 2.05) is 12.1 Å². The van der Waals surface area contributed by atoms with Gasteiger partial charge < -0.3 is 4.90 Å². The molecule has 1 aliphatic heterocycles. The highest BCUT2D eigenvalue weighted by Crippen LogP contribution is 2.21. The van der Waals surface area contributed by atoms with Gasteiger partial charge in [0.15, 0.2) is 0 Å². The van der Waals surface area contributed by atoms with Crippen molar-refractivity contribution in [3.63, 3.8) is 0 Å². The van der Waals surface area contributed by atoms with Gasteiger partial charge in [-0.2, -0.15) is 0 Å². The van der Waals surface area contributed by atoms with E-state index in [0.717, 1.165) is 44.8 Å². The third-order valence-corrected chi connectivity index (χ3v) is 6.23. The van der Waals surface area contributed by atoms with Gasteiger partial charge in [-0.05, 0) is 57.1 Å². The average molecular weight is 408 g/mol. The molecule has 0 bridgehead atoms. The number of hydrogen-bond acceptors (Lipinski definition) is 3. The molecule has 2 atom stereocenters. The van der Waals surface area contributed by atoms with Crippen molar-refractivity contribution >= 4 is 5.91 Å². The Labute approximate surface area is 182 Å². The molecule has 1 fully saturated rings. The predicted molar refractivity (Wildman–Crippen MR) is 125 cm³/mol. The Morgan fingerprint density at radius 1 is 0.967 bits per heavy atom. The van der Waals surface area contributed by atoms with Crippen LogP contribution in [0, 0.1) is 6.92 Å². The van der Waals surface area contributed by atoms with E-state index in [-0.39, 0.29) is 18.0 Å². The molecule has 1 heterocycles. The lowest BCUT2D eigenvalue weighted by molar-refractivity contribution is 0.0268.